The smallest absolute Gasteiger partial charge is 0.337 e. The highest BCUT2D eigenvalue weighted by Crippen LogP contribution is 2.32. The third-order valence-electron chi connectivity index (χ3n) is 4.29. The molecule has 1 N–H and O–H groups in total. The third kappa shape index (κ3) is 3.03. The second-order valence-electron chi connectivity index (χ2n) is 7.02. The monoisotopic (exact) mass is 301 g/mol. The molecule has 2 rings (SSSR count). The molecule has 0 aliphatic heterocycles. The topological polar surface area (TPSA) is 42.2 Å². The second-order valence-corrected chi connectivity index (χ2v) is 7.02. The Morgan fingerprint density at radius 1 is 1.23 bits per heavy atom. The molecule has 1 heterocycles. The minimum atomic E-state index is -0.842. The van der Waals surface area contributed by atoms with Crippen LogP contribution in [0.3, 0.4) is 0 Å². The summed E-state index contributed by atoms with van der Waals surface area (Å²) in [5.74, 6) is -0.842. The average molecular weight is 301 g/mol. The fraction of sp³-hybridized carbons (Fsp3) is 0.526. The standard InChI is InChI=1S/C19H27NO2/c1-6-8-9-13-12-20(7-2)17-15(13)10-14(19(3,4)5)11-16(17)18(21)22/h10-12H,6-9H2,1-5H3,(H,21,22). The van der Waals surface area contributed by atoms with E-state index < -0.39 is 5.97 Å². The number of aromatic carboxylic acids is 1. The van der Waals surface area contributed by atoms with Crippen LogP contribution in [0.15, 0.2) is 18.3 Å². The van der Waals surface area contributed by atoms with Crippen molar-refractivity contribution in [2.75, 3.05) is 0 Å². The zero-order valence-electron chi connectivity index (χ0n) is 14.4. The number of hydrogen-bond acceptors (Lipinski definition) is 1. The van der Waals surface area contributed by atoms with Crippen LogP contribution in [0.1, 0.15) is 68.9 Å². The summed E-state index contributed by atoms with van der Waals surface area (Å²) in [6.07, 6.45) is 5.42. The number of aryl methyl sites for hydroxylation is 2. The van der Waals surface area contributed by atoms with Crippen molar-refractivity contribution in [2.24, 2.45) is 0 Å². The van der Waals surface area contributed by atoms with E-state index in [0.29, 0.717) is 5.56 Å². The van der Waals surface area contributed by atoms with Gasteiger partial charge in [0.05, 0.1) is 11.1 Å². The minimum absolute atomic E-state index is 0.0608. The number of benzene rings is 1. The molecule has 0 saturated heterocycles. The summed E-state index contributed by atoms with van der Waals surface area (Å²) in [4.78, 5) is 11.8. The minimum Gasteiger partial charge on any atom is -0.478 e. The molecule has 0 bridgehead atoms. The number of aromatic nitrogens is 1. The third-order valence-corrected chi connectivity index (χ3v) is 4.29. The summed E-state index contributed by atoms with van der Waals surface area (Å²) in [7, 11) is 0. The van der Waals surface area contributed by atoms with Gasteiger partial charge >= 0.3 is 5.97 Å². The molecule has 0 saturated carbocycles. The Morgan fingerprint density at radius 2 is 1.91 bits per heavy atom. The SMILES string of the molecule is CCCCc1cn(CC)c2c(C(=O)O)cc(C(C)(C)C)cc12. The molecule has 3 heteroatoms. The van der Waals surface area contributed by atoms with E-state index in [4.69, 9.17) is 0 Å². The predicted octanol–water partition coefficient (Wildman–Crippen LogP) is 5.00. The number of carboxylic acids is 1. The van der Waals surface area contributed by atoms with Gasteiger partial charge in [0.15, 0.2) is 0 Å². The van der Waals surface area contributed by atoms with Crippen molar-refractivity contribution in [2.45, 2.75) is 65.8 Å². The van der Waals surface area contributed by atoms with Gasteiger partial charge in [-0.1, -0.05) is 34.1 Å². The van der Waals surface area contributed by atoms with E-state index in [9.17, 15) is 9.90 Å². The molecule has 0 amide bonds. The molecular weight excluding hydrogens is 274 g/mol. The molecule has 0 aliphatic carbocycles. The summed E-state index contributed by atoms with van der Waals surface area (Å²) in [5.41, 5.74) is 3.59. The molecule has 0 radical (unpaired) electrons. The van der Waals surface area contributed by atoms with Crippen LogP contribution in [0.25, 0.3) is 10.9 Å². The van der Waals surface area contributed by atoms with Crippen LogP contribution >= 0.6 is 0 Å². The van der Waals surface area contributed by atoms with Crippen LogP contribution in [0.5, 0.6) is 0 Å². The van der Waals surface area contributed by atoms with E-state index in [-0.39, 0.29) is 5.41 Å². The van der Waals surface area contributed by atoms with Crippen molar-refractivity contribution >= 4 is 16.9 Å². The highest BCUT2D eigenvalue weighted by Gasteiger charge is 2.22. The van der Waals surface area contributed by atoms with Crippen molar-refractivity contribution in [1.82, 2.24) is 4.57 Å². The largest absolute Gasteiger partial charge is 0.478 e. The lowest BCUT2D eigenvalue weighted by molar-refractivity contribution is 0.0698. The zero-order chi connectivity index (χ0) is 16.5. The van der Waals surface area contributed by atoms with Crippen molar-refractivity contribution in [3.63, 3.8) is 0 Å². The summed E-state index contributed by atoms with van der Waals surface area (Å²) >= 11 is 0. The first-order valence-corrected chi connectivity index (χ1v) is 8.19. The van der Waals surface area contributed by atoms with Crippen molar-refractivity contribution < 1.29 is 9.90 Å². The lowest BCUT2D eigenvalue weighted by Gasteiger charge is -2.20. The summed E-state index contributed by atoms with van der Waals surface area (Å²) in [5, 5.41) is 10.8. The first-order valence-electron chi connectivity index (χ1n) is 8.19. The Hall–Kier alpha value is -1.77. The van der Waals surface area contributed by atoms with Crippen molar-refractivity contribution in [3.8, 4) is 0 Å². The highest BCUT2D eigenvalue weighted by molar-refractivity contribution is 6.04. The molecule has 0 spiro atoms. The number of unbranched alkanes of at least 4 members (excludes halogenated alkanes) is 1. The number of fused-ring (bicyclic) bond motifs is 1. The second kappa shape index (κ2) is 6.15. The van der Waals surface area contributed by atoms with Crippen molar-refractivity contribution in [1.29, 1.82) is 0 Å². The van der Waals surface area contributed by atoms with Crippen LogP contribution in [-0.2, 0) is 18.4 Å². The molecule has 1 aromatic heterocycles. The predicted molar refractivity (Wildman–Crippen MR) is 91.9 cm³/mol. The van der Waals surface area contributed by atoms with Gasteiger partial charge in [-0.05, 0) is 48.4 Å². The molecule has 0 aliphatic rings. The average Bonchev–Trinajstić information content (AvgIpc) is 2.81. The first-order chi connectivity index (χ1) is 10.3. The number of carbonyl (C=O) groups is 1. The van der Waals surface area contributed by atoms with Gasteiger partial charge in [-0.2, -0.15) is 0 Å². The molecule has 0 atom stereocenters. The number of rotatable bonds is 5. The van der Waals surface area contributed by atoms with Crippen LogP contribution in [0.2, 0.25) is 0 Å². The van der Waals surface area contributed by atoms with Crippen LogP contribution in [0, 0.1) is 0 Å². The maximum absolute atomic E-state index is 11.8. The Kier molecular flexibility index (Phi) is 4.64. The summed E-state index contributed by atoms with van der Waals surface area (Å²) in [6, 6.07) is 4.04. The maximum atomic E-state index is 11.8. The Morgan fingerprint density at radius 3 is 2.41 bits per heavy atom. The fourth-order valence-electron chi connectivity index (χ4n) is 2.92. The van der Waals surface area contributed by atoms with E-state index in [2.05, 4.69) is 51.4 Å². The van der Waals surface area contributed by atoms with Crippen LogP contribution in [0.4, 0.5) is 0 Å². The van der Waals surface area contributed by atoms with Gasteiger partial charge in [-0.3, -0.25) is 0 Å². The zero-order valence-corrected chi connectivity index (χ0v) is 14.4. The highest BCUT2D eigenvalue weighted by atomic mass is 16.4. The van der Waals surface area contributed by atoms with Gasteiger partial charge in [-0.15, -0.1) is 0 Å². The van der Waals surface area contributed by atoms with Gasteiger partial charge in [0.2, 0.25) is 0 Å². The molecule has 0 fully saturated rings. The van der Waals surface area contributed by atoms with Gasteiger partial charge in [0.25, 0.3) is 0 Å². The van der Waals surface area contributed by atoms with Crippen molar-refractivity contribution in [3.05, 3.63) is 35.0 Å². The van der Waals surface area contributed by atoms with Gasteiger partial charge in [0, 0.05) is 18.1 Å². The Bertz CT molecular complexity index is 690. The van der Waals surface area contributed by atoms with Crippen LogP contribution < -0.4 is 0 Å². The van der Waals surface area contributed by atoms with Gasteiger partial charge in [-0.25, -0.2) is 4.79 Å². The number of carboxylic acid groups (broad SMARTS) is 1. The Balaban J connectivity index is 2.78. The van der Waals surface area contributed by atoms with E-state index in [1.807, 2.05) is 6.07 Å². The molecular formula is C19H27NO2. The molecule has 0 unspecified atom stereocenters. The molecule has 2 aromatic rings. The summed E-state index contributed by atoms with van der Waals surface area (Å²) in [6.45, 7) is 11.4. The van der Waals surface area contributed by atoms with E-state index in [1.54, 1.807) is 0 Å². The van der Waals surface area contributed by atoms with Gasteiger partial charge < -0.3 is 9.67 Å². The maximum Gasteiger partial charge on any atom is 0.337 e. The molecule has 120 valence electrons. The molecule has 1 aromatic carbocycles. The fourth-order valence-corrected chi connectivity index (χ4v) is 2.92. The first kappa shape index (κ1) is 16.6. The number of nitrogens with zero attached hydrogens (tertiary/aromatic N) is 1. The lowest BCUT2D eigenvalue weighted by atomic mass is 9.84. The van der Waals surface area contributed by atoms with E-state index in [0.717, 1.165) is 42.3 Å². The van der Waals surface area contributed by atoms with E-state index >= 15 is 0 Å². The molecule has 3 nitrogen and oxygen atoms in total. The van der Waals surface area contributed by atoms with Gasteiger partial charge in [0.1, 0.15) is 0 Å². The quantitative estimate of drug-likeness (QED) is 0.844. The lowest BCUT2D eigenvalue weighted by Crippen LogP contribution is -2.13. The number of hydrogen-bond donors (Lipinski definition) is 1. The normalized spacial score (nSPS) is 12.0. The summed E-state index contributed by atoms with van der Waals surface area (Å²) < 4.78 is 2.08. The van der Waals surface area contributed by atoms with E-state index in [1.165, 1.54) is 5.56 Å². The Labute approximate surface area is 133 Å². The molecule has 22 heavy (non-hydrogen) atoms. The van der Waals surface area contributed by atoms with Crippen LogP contribution in [-0.4, -0.2) is 15.6 Å².